The molecule has 0 fully saturated rings. The van der Waals surface area contributed by atoms with Crippen molar-refractivity contribution in [3.63, 3.8) is 0 Å². The first kappa shape index (κ1) is 15.3. The largest absolute Gasteiger partial charge is 0.389 e. The van der Waals surface area contributed by atoms with Crippen molar-refractivity contribution in [1.82, 2.24) is 0 Å². The van der Waals surface area contributed by atoms with E-state index in [9.17, 15) is 22.4 Å². The topological polar surface area (TPSA) is 29.1 Å². The van der Waals surface area contributed by atoms with Crippen LogP contribution in [0.15, 0.2) is 12.1 Å². The minimum atomic E-state index is -4.26. The second-order valence-corrected chi connectivity index (χ2v) is 5.81. The minimum absolute atomic E-state index is 0.183. The summed E-state index contributed by atoms with van der Waals surface area (Å²) in [5.74, 6) is -0.799. The monoisotopic (exact) mass is 353 g/mol. The van der Waals surface area contributed by atoms with Crippen LogP contribution in [-0.2, 0) is 11.2 Å². The Hall–Kier alpha value is -1.11. The molecule has 0 aromatic heterocycles. The number of alkyl halides is 4. The molecule has 1 unspecified atom stereocenters. The highest BCUT2D eigenvalue weighted by Crippen LogP contribution is 2.37. The van der Waals surface area contributed by atoms with E-state index in [2.05, 4.69) is 21.2 Å². The maximum absolute atomic E-state index is 13.9. The molecular formula is C13H12BrF4NO. The van der Waals surface area contributed by atoms with Gasteiger partial charge in [-0.3, -0.25) is 4.79 Å². The van der Waals surface area contributed by atoms with Gasteiger partial charge >= 0.3 is 6.18 Å². The predicted octanol–water partition coefficient (Wildman–Crippen LogP) is 4.49. The third kappa shape index (κ3) is 3.71. The molecule has 1 aromatic rings. The van der Waals surface area contributed by atoms with Crippen molar-refractivity contribution < 1.29 is 22.4 Å². The zero-order valence-corrected chi connectivity index (χ0v) is 11.9. The first-order valence-corrected chi connectivity index (χ1v) is 7.01. The van der Waals surface area contributed by atoms with E-state index in [0.29, 0.717) is 18.5 Å². The van der Waals surface area contributed by atoms with Crippen LogP contribution in [0.1, 0.15) is 35.2 Å². The van der Waals surface area contributed by atoms with Gasteiger partial charge in [0.2, 0.25) is 5.91 Å². The standard InChI is InChI=1S/C13H12BrF4NO/c14-9(3-4-13(16,17)18)8-5-7-1-2-12(20)19-11(7)6-10(8)15/h5-6,9H,1-4H2,(H,19,20). The molecule has 7 heteroatoms. The van der Waals surface area contributed by atoms with Gasteiger partial charge in [0.15, 0.2) is 0 Å². The van der Waals surface area contributed by atoms with Crippen molar-refractivity contribution in [3.8, 4) is 0 Å². The normalized spacial score (nSPS) is 16.6. The highest BCUT2D eigenvalue weighted by Gasteiger charge is 2.29. The van der Waals surface area contributed by atoms with Crippen molar-refractivity contribution in [2.45, 2.75) is 36.7 Å². The van der Waals surface area contributed by atoms with Crippen LogP contribution < -0.4 is 5.32 Å². The summed E-state index contributed by atoms with van der Waals surface area (Å²) in [4.78, 5) is 10.5. The Bertz CT molecular complexity index is 530. The number of carbonyl (C=O) groups excluding carboxylic acids is 1. The second kappa shape index (κ2) is 5.71. The van der Waals surface area contributed by atoms with Crippen LogP contribution in [-0.4, -0.2) is 12.1 Å². The van der Waals surface area contributed by atoms with Crippen LogP contribution in [0.5, 0.6) is 0 Å². The van der Waals surface area contributed by atoms with Gasteiger partial charge in [0.1, 0.15) is 5.82 Å². The van der Waals surface area contributed by atoms with Crippen LogP contribution >= 0.6 is 15.9 Å². The molecule has 0 radical (unpaired) electrons. The van der Waals surface area contributed by atoms with Gasteiger partial charge < -0.3 is 5.32 Å². The molecule has 0 bridgehead atoms. The van der Waals surface area contributed by atoms with Crippen molar-refractivity contribution in [1.29, 1.82) is 0 Å². The second-order valence-electron chi connectivity index (χ2n) is 4.70. The van der Waals surface area contributed by atoms with Crippen LogP contribution in [0, 0.1) is 5.82 Å². The number of amides is 1. The maximum Gasteiger partial charge on any atom is 0.389 e. The smallest absolute Gasteiger partial charge is 0.326 e. The molecule has 2 nitrogen and oxygen atoms in total. The Kier molecular flexibility index (Phi) is 4.36. The molecule has 110 valence electrons. The molecule has 1 aliphatic rings. The number of halogens is 5. The van der Waals surface area contributed by atoms with E-state index in [1.165, 1.54) is 12.1 Å². The van der Waals surface area contributed by atoms with Crippen molar-refractivity contribution in [2.75, 3.05) is 5.32 Å². The number of aryl methyl sites for hydroxylation is 1. The summed E-state index contributed by atoms with van der Waals surface area (Å²) in [6.07, 6.45) is -4.70. The average Bonchev–Trinajstić information content (AvgIpc) is 2.34. The molecule has 1 amide bonds. The lowest BCUT2D eigenvalue weighted by Gasteiger charge is -2.20. The van der Waals surface area contributed by atoms with E-state index in [1.54, 1.807) is 0 Å². The Morgan fingerprint density at radius 1 is 1.30 bits per heavy atom. The number of anilines is 1. The molecule has 0 saturated carbocycles. The molecule has 20 heavy (non-hydrogen) atoms. The number of carbonyl (C=O) groups is 1. The summed E-state index contributed by atoms with van der Waals surface area (Å²) in [7, 11) is 0. The number of fused-ring (bicyclic) bond motifs is 1. The SMILES string of the molecule is O=C1CCc2cc(C(Br)CCC(F)(F)F)c(F)cc2N1. The molecule has 0 aliphatic carbocycles. The molecule has 0 saturated heterocycles. The fourth-order valence-corrected chi connectivity index (χ4v) is 2.69. The molecule has 1 aromatic carbocycles. The summed E-state index contributed by atoms with van der Waals surface area (Å²) < 4.78 is 50.5. The summed E-state index contributed by atoms with van der Waals surface area (Å²) in [5.41, 5.74) is 1.35. The van der Waals surface area contributed by atoms with Crippen LogP contribution in [0.25, 0.3) is 0 Å². The zero-order chi connectivity index (χ0) is 14.9. The zero-order valence-electron chi connectivity index (χ0n) is 10.4. The van der Waals surface area contributed by atoms with Crippen LogP contribution in [0.4, 0.5) is 23.2 Å². The number of hydrogen-bond acceptors (Lipinski definition) is 1. The maximum atomic E-state index is 13.9. The van der Waals surface area contributed by atoms with Gasteiger partial charge in [-0.25, -0.2) is 4.39 Å². The molecule has 2 rings (SSSR count). The summed E-state index contributed by atoms with van der Waals surface area (Å²) in [5, 5.41) is 2.55. The molecule has 1 N–H and O–H groups in total. The van der Waals surface area contributed by atoms with E-state index in [1.807, 2.05) is 0 Å². The summed E-state index contributed by atoms with van der Waals surface area (Å²) in [6.45, 7) is 0. The Balaban J connectivity index is 2.18. The number of hydrogen-bond donors (Lipinski definition) is 1. The van der Waals surface area contributed by atoms with E-state index in [-0.39, 0.29) is 17.9 Å². The minimum Gasteiger partial charge on any atom is -0.326 e. The van der Waals surface area contributed by atoms with E-state index < -0.39 is 23.2 Å². The van der Waals surface area contributed by atoms with E-state index in [4.69, 9.17) is 0 Å². The third-order valence-electron chi connectivity index (χ3n) is 3.14. The van der Waals surface area contributed by atoms with Crippen molar-refractivity contribution >= 4 is 27.5 Å². The predicted molar refractivity (Wildman–Crippen MR) is 70.3 cm³/mol. The Morgan fingerprint density at radius 3 is 2.65 bits per heavy atom. The van der Waals surface area contributed by atoms with Gasteiger partial charge in [-0.15, -0.1) is 0 Å². The van der Waals surface area contributed by atoms with Crippen molar-refractivity contribution in [3.05, 3.63) is 29.1 Å². The quantitative estimate of drug-likeness (QED) is 0.629. The highest BCUT2D eigenvalue weighted by atomic mass is 79.9. The molecular weight excluding hydrogens is 342 g/mol. The van der Waals surface area contributed by atoms with Crippen LogP contribution in [0.3, 0.4) is 0 Å². The fourth-order valence-electron chi connectivity index (χ4n) is 2.11. The van der Waals surface area contributed by atoms with Crippen LogP contribution in [0.2, 0.25) is 0 Å². The summed E-state index contributed by atoms with van der Waals surface area (Å²) >= 11 is 3.10. The number of rotatable bonds is 3. The Morgan fingerprint density at radius 2 is 2.00 bits per heavy atom. The van der Waals surface area contributed by atoms with E-state index in [0.717, 1.165) is 5.56 Å². The molecule has 1 atom stereocenters. The first-order valence-electron chi connectivity index (χ1n) is 6.09. The van der Waals surface area contributed by atoms with Gasteiger partial charge in [-0.05, 0) is 30.5 Å². The third-order valence-corrected chi connectivity index (χ3v) is 4.09. The lowest BCUT2D eigenvalue weighted by atomic mass is 9.97. The van der Waals surface area contributed by atoms with Gasteiger partial charge in [0.05, 0.1) is 0 Å². The average molecular weight is 354 g/mol. The lowest BCUT2D eigenvalue weighted by molar-refractivity contribution is -0.135. The summed E-state index contributed by atoms with van der Waals surface area (Å²) in [6, 6.07) is 2.70. The van der Waals surface area contributed by atoms with Gasteiger partial charge in [-0.2, -0.15) is 13.2 Å². The number of nitrogens with one attached hydrogen (secondary N) is 1. The van der Waals surface area contributed by atoms with Gasteiger partial charge in [0.25, 0.3) is 0 Å². The molecule has 0 spiro atoms. The molecule has 1 heterocycles. The lowest BCUT2D eigenvalue weighted by Crippen LogP contribution is -2.19. The number of benzene rings is 1. The van der Waals surface area contributed by atoms with Crippen molar-refractivity contribution in [2.24, 2.45) is 0 Å². The van der Waals surface area contributed by atoms with Gasteiger partial charge in [0, 0.05) is 28.9 Å². The highest BCUT2D eigenvalue weighted by molar-refractivity contribution is 9.09. The van der Waals surface area contributed by atoms with E-state index >= 15 is 0 Å². The molecule has 1 aliphatic heterocycles. The Labute approximate surface area is 121 Å². The van der Waals surface area contributed by atoms with Gasteiger partial charge in [-0.1, -0.05) is 15.9 Å². The first-order chi connectivity index (χ1) is 9.26. The fraction of sp³-hybridized carbons (Fsp3) is 0.462.